The van der Waals surface area contributed by atoms with Crippen LogP contribution in [0.3, 0.4) is 0 Å². The fourth-order valence-corrected chi connectivity index (χ4v) is 1.73. The van der Waals surface area contributed by atoms with Gasteiger partial charge in [-0.3, -0.25) is 9.98 Å². The van der Waals surface area contributed by atoms with Gasteiger partial charge in [0.2, 0.25) is 0 Å². The summed E-state index contributed by atoms with van der Waals surface area (Å²) in [6.45, 7) is 7.86. The normalized spacial score (nSPS) is 13.6. The first-order valence-electron chi connectivity index (χ1n) is 5.99. The van der Waals surface area contributed by atoms with Gasteiger partial charge in [-0.25, -0.2) is 0 Å². The Morgan fingerprint density at radius 2 is 0.950 bits per heavy atom. The van der Waals surface area contributed by atoms with E-state index >= 15 is 0 Å². The maximum atomic E-state index is 4.40. The van der Waals surface area contributed by atoms with Crippen molar-refractivity contribution in [1.29, 1.82) is 0 Å². The molecule has 0 saturated carbocycles. The van der Waals surface area contributed by atoms with Crippen LogP contribution < -0.4 is 10.6 Å². The maximum Gasteiger partial charge on any atom is 0.132 e. The van der Waals surface area contributed by atoms with Gasteiger partial charge in [0.05, 0.1) is 0 Å². The van der Waals surface area contributed by atoms with Crippen LogP contribution in [-0.4, -0.2) is 50.9 Å². The van der Waals surface area contributed by atoms with Gasteiger partial charge in [0.1, 0.15) is 22.7 Å². The van der Waals surface area contributed by atoms with Crippen LogP contribution >= 0.6 is 24.8 Å². The molecule has 6 nitrogen and oxygen atoms in total. The minimum absolute atomic E-state index is 0. The van der Waals surface area contributed by atoms with E-state index in [0.29, 0.717) is 0 Å². The highest BCUT2D eigenvalue weighted by atomic mass is 35.5. The van der Waals surface area contributed by atoms with Crippen molar-refractivity contribution >= 4 is 36.5 Å². The molecule has 0 radical (unpaired) electrons. The third-order valence-corrected chi connectivity index (χ3v) is 2.63. The molecule has 0 saturated heterocycles. The summed E-state index contributed by atoms with van der Waals surface area (Å²) in [6, 6.07) is 0. The number of azo groups is 1. The fraction of sp³-hybridized carbons (Fsp3) is 0.833. The summed E-state index contributed by atoms with van der Waals surface area (Å²) >= 11 is 0. The second-order valence-corrected chi connectivity index (χ2v) is 4.96. The average Bonchev–Trinajstić information content (AvgIpc) is 2.29. The lowest BCUT2D eigenvalue weighted by Crippen LogP contribution is -2.42. The molecule has 0 aromatic carbocycles. The first kappa shape index (κ1) is 24.2. The number of nitrogens with one attached hydrogen (secondary N) is 2. The van der Waals surface area contributed by atoms with Crippen molar-refractivity contribution < 1.29 is 0 Å². The molecule has 0 fully saturated rings. The van der Waals surface area contributed by atoms with Crippen LogP contribution in [0.5, 0.6) is 0 Å². The maximum absolute atomic E-state index is 4.40. The third kappa shape index (κ3) is 6.52. The molecular formula is C12H28Cl2N6. The molecule has 0 spiro atoms. The Balaban J connectivity index is -0.00000144. The molecule has 0 aliphatic heterocycles. The first-order valence-corrected chi connectivity index (χ1v) is 5.99. The van der Waals surface area contributed by atoms with E-state index in [0.717, 1.165) is 11.7 Å². The summed E-state index contributed by atoms with van der Waals surface area (Å²) in [5, 5.41) is 14.9. The molecule has 20 heavy (non-hydrogen) atoms. The lowest BCUT2D eigenvalue weighted by Gasteiger charge is -2.25. The van der Waals surface area contributed by atoms with Gasteiger partial charge in [-0.15, -0.1) is 24.8 Å². The van der Waals surface area contributed by atoms with Crippen LogP contribution in [0.25, 0.3) is 0 Å². The number of likely N-dealkylation sites (N-methyl/N-ethyl adjacent to an activating group) is 2. The topological polar surface area (TPSA) is 73.5 Å². The van der Waals surface area contributed by atoms with Gasteiger partial charge in [-0.05, 0) is 27.7 Å². The minimum Gasteiger partial charge on any atom is -0.375 e. The van der Waals surface area contributed by atoms with Crippen molar-refractivity contribution in [2.45, 2.75) is 38.8 Å². The molecule has 0 unspecified atom stereocenters. The molecule has 2 N–H and O–H groups in total. The largest absolute Gasteiger partial charge is 0.375 e. The molecule has 120 valence electrons. The van der Waals surface area contributed by atoms with Crippen LogP contribution in [0.2, 0.25) is 0 Å². The molecule has 0 aromatic heterocycles. The Morgan fingerprint density at radius 1 is 0.700 bits per heavy atom. The predicted octanol–water partition coefficient (Wildman–Crippen LogP) is 2.33. The van der Waals surface area contributed by atoms with E-state index in [1.807, 2.05) is 41.8 Å². The van der Waals surface area contributed by atoms with E-state index in [9.17, 15) is 0 Å². The van der Waals surface area contributed by atoms with E-state index in [4.69, 9.17) is 0 Å². The Hall–Kier alpha value is -0.880. The van der Waals surface area contributed by atoms with E-state index < -0.39 is 11.1 Å². The van der Waals surface area contributed by atoms with Gasteiger partial charge >= 0.3 is 0 Å². The summed E-state index contributed by atoms with van der Waals surface area (Å²) < 4.78 is 0. The minimum atomic E-state index is -0.479. The third-order valence-electron chi connectivity index (χ3n) is 2.63. The van der Waals surface area contributed by atoms with Crippen molar-refractivity contribution in [3.63, 3.8) is 0 Å². The van der Waals surface area contributed by atoms with E-state index in [2.05, 4.69) is 30.8 Å². The summed E-state index contributed by atoms with van der Waals surface area (Å²) in [6.07, 6.45) is 0. The SMILES string of the molecule is C/N=C(\NC)C(C)(C)/N=N/C(C)(C)/C(=N/C)NC.Cl.Cl. The molecule has 0 aliphatic carbocycles. The highest BCUT2D eigenvalue weighted by Crippen LogP contribution is 2.17. The number of amidine groups is 2. The van der Waals surface area contributed by atoms with Gasteiger partial charge in [0, 0.05) is 28.2 Å². The number of rotatable bonds is 4. The van der Waals surface area contributed by atoms with Crippen LogP contribution in [-0.2, 0) is 0 Å². The Labute approximate surface area is 134 Å². The summed E-state index contributed by atoms with van der Waals surface area (Å²) in [5.41, 5.74) is -0.958. The molecule has 0 heterocycles. The Bertz CT molecular complexity index is 327. The fourth-order valence-electron chi connectivity index (χ4n) is 1.73. The molecule has 0 bridgehead atoms. The summed E-state index contributed by atoms with van der Waals surface area (Å²) in [7, 11) is 7.14. The van der Waals surface area contributed by atoms with Crippen molar-refractivity contribution in [2.24, 2.45) is 20.2 Å². The molecule has 0 aliphatic rings. The Kier molecular flexibility index (Phi) is 12.0. The monoisotopic (exact) mass is 326 g/mol. The molecule has 0 rings (SSSR count). The predicted molar refractivity (Wildman–Crippen MR) is 92.3 cm³/mol. The molecular weight excluding hydrogens is 299 g/mol. The van der Waals surface area contributed by atoms with Gasteiger partial charge in [-0.2, -0.15) is 10.2 Å². The smallest absolute Gasteiger partial charge is 0.132 e. The van der Waals surface area contributed by atoms with Gasteiger partial charge < -0.3 is 10.6 Å². The van der Waals surface area contributed by atoms with E-state index in [-0.39, 0.29) is 24.8 Å². The van der Waals surface area contributed by atoms with Crippen molar-refractivity contribution in [3.8, 4) is 0 Å². The number of aliphatic imine (C=N–C) groups is 2. The molecule has 0 atom stereocenters. The second-order valence-electron chi connectivity index (χ2n) is 4.96. The zero-order valence-electron chi connectivity index (χ0n) is 13.6. The van der Waals surface area contributed by atoms with Gasteiger partial charge in [-0.1, -0.05) is 0 Å². The molecule has 0 amide bonds. The van der Waals surface area contributed by atoms with Crippen molar-refractivity contribution in [1.82, 2.24) is 10.6 Å². The van der Waals surface area contributed by atoms with E-state index in [1.54, 1.807) is 14.1 Å². The zero-order chi connectivity index (χ0) is 14.4. The van der Waals surface area contributed by atoms with Crippen LogP contribution in [0.15, 0.2) is 20.2 Å². The van der Waals surface area contributed by atoms with Gasteiger partial charge in [0.15, 0.2) is 0 Å². The Morgan fingerprint density at radius 3 is 1.10 bits per heavy atom. The quantitative estimate of drug-likeness (QED) is 0.472. The van der Waals surface area contributed by atoms with Crippen molar-refractivity contribution in [3.05, 3.63) is 0 Å². The average molecular weight is 327 g/mol. The lowest BCUT2D eigenvalue weighted by atomic mass is 10.0. The second kappa shape index (κ2) is 9.94. The van der Waals surface area contributed by atoms with E-state index in [1.165, 1.54) is 0 Å². The molecule has 8 heteroatoms. The highest BCUT2D eigenvalue weighted by Gasteiger charge is 2.28. The standard InChI is InChI=1S/C12H26N6.2ClH/c1-11(2,9(13-5)14-6)17-18-12(3,4)10(15-7)16-8;;/h1-8H3,(H,13,14)(H,15,16);2*1H/b18-17+;;. The lowest BCUT2D eigenvalue weighted by molar-refractivity contribution is 0.549. The first-order chi connectivity index (χ1) is 8.25. The molecule has 0 aromatic rings. The number of hydrogen-bond donors (Lipinski definition) is 2. The highest BCUT2D eigenvalue weighted by molar-refractivity contribution is 5.91. The van der Waals surface area contributed by atoms with Crippen molar-refractivity contribution in [2.75, 3.05) is 28.2 Å². The van der Waals surface area contributed by atoms with Crippen LogP contribution in [0, 0.1) is 0 Å². The number of halogens is 2. The number of nitrogens with zero attached hydrogens (tertiary/aromatic N) is 4. The van der Waals surface area contributed by atoms with Gasteiger partial charge in [0.25, 0.3) is 0 Å². The summed E-state index contributed by atoms with van der Waals surface area (Å²) in [5.74, 6) is 1.59. The summed E-state index contributed by atoms with van der Waals surface area (Å²) in [4.78, 5) is 8.34. The number of hydrogen-bond acceptors (Lipinski definition) is 4. The van der Waals surface area contributed by atoms with Crippen LogP contribution in [0.4, 0.5) is 0 Å². The van der Waals surface area contributed by atoms with Crippen LogP contribution in [0.1, 0.15) is 27.7 Å². The zero-order valence-corrected chi connectivity index (χ0v) is 15.2.